The maximum absolute atomic E-state index is 12.7. The van der Waals surface area contributed by atoms with Crippen LogP contribution in [0, 0.1) is 0 Å². The third-order valence-electron chi connectivity index (χ3n) is 4.76. The summed E-state index contributed by atoms with van der Waals surface area (Å²) in [4.78, 5) is 12.2. The molecule has 0 spiro atoms. The molecule has 2 aliphatic rings. The van der Waals surface area contributed by atoms with Gasteiger partial charge in [-0.25, -0.2) is 26.4 Å². The minimum Gasteiger partial charge on any atom is -0.366 e. The molecule has 28 heavy (non-hydrogen) atoms. The van der Waals surface area contributed by atoms with Gasteiger partial charge in [-0.05, 0) is 19.4 Å². The summed E-state index contributed by atoms with van der Waals surface area (Å²) in [5.41, 5.74) is 0. The van der Waals surface area contributed by atoms with Crippen molar-refractivity contribution in [2.45, 2.75) is 55.6 Å². The Morgan fingerprint density at radius 2 is 1.71 bits per heavy atom. The summed E-state index contributed by atoms with van der Waals surface area (Å²) < 4.78 is 62.2. The number of carbonyl (C=O) groups excluding carboxylic acids is 1. The minimum atomic E-state index is -4.28. The minimum absolute atomic E-state index is 0.176. The molecule has 0 aromatic heterocycles. The van der Waals surface area contributed by atoms with E-state index in [4.69, 9.17) is 9.47 Å². The predicted molar refractivity (Wildman–Crippen MR) is 101 cm³/mol. The van der Waals surface area contributed by atoms with Crippen LogP contribution in [-0.4, -0.2) is 78.8 Å². The van der Waals surface area contributed by atoms with Gasteiger partial charge in [0.2, 0.25) is 0 Å². The first-order chi connectivity index (χ1) is 13.1. The first kappa shape index (κ1) is 23.3. The van der Waals surface area contributed by atoms with E-state index in [1.54, 1.807) is 0 Å². The van der Waals surface area contributed by atoms with Gasteiger partial charge in [-0.3, -0.25) is 16.0 Å². The topological polar surface area (TPSA) is 164 Å². The monoisotopic (exact) mass is 443 g/mol. The van der Waals surface area contributed by atoms with Crippen LogP contribution >= 0.6 is 0 Å². The van der Waals surface area contributed by atoms with E-state index < -0.39 is 55.3 Å². The van der Waals surface area contributed by atoms with E-state index in [9.17, 15) is 21.6 Å². The smallest absolute Gasteiger partial charge is 0.330 e. The maximum atomic E-state index is 12.7. The Kier molecular flexibility index (Phi) is 8.01. The fourth-order valence-electron chi connectivity index (χ4n) is 3.24. The molecule has 2 amide bonds. The highest BCUT2D eigenvalue weighted by atomic mass is 32.2. The molecule has 2 fully saturated rings. The van der Waals surface area contributed by atoms with Crippen molar-refractivity contribution in [3.63, 3.8) is 0 Å². The van der Waals surface area contributed by atoms with Crippen LogP contribution in [0.5, 0.6) is 0 Å². The van der Waals surface area contributed by atoms with Crippen LogP contribution in [0.2, 0.25) is 0 Å². The lowest BCUT2D eigenvalue weighted by Gasteiger charge is -2.36. The number of ether oxygens (including phenoxy) is 2. The van der Waals surface area contributed by atoms with Gasteiger partial charge >= 0.3 is 6.03 Å². The van der Waals surface area contributed by atoms with Gasteiger partial charge in [0.1, 0.15) is 24.1 Å². The van der Waals surface area contributed by atoms with Gasteiger partial charge < -0.3 is 14.8 Å². The van der Waals surface area contributed by atoms with E-state index in [2.05, 4.69) is 21.3 Å². The summed E-state index contributed by atoms with van der Waals surface area (Å²) in [6.07, 6.45) is -0.400. The summed E-state index contributed by atoms with van der Waals surface area (Å²) in [5, 5.41) is 8.45. The van der Waals surface area contributed by atoms with Crippen LogP contribution < -0.4 is 26.0 Å². The molecule has 2 aliphatic heterocycles. The lowest BCUT2D eigenvalue weighted by Crippen LogP contribution is -2.67. The van der Waals surface area contributed by atoms with Crippen molar-refractivity contribution < 1.29 is 31.1 Å². The van der Waals surface area contributed by atoms with Crippen molar-refractivity contribution in [2.75, 3.05) is 26.5 Å². The second kappa shape index (κ2) is 9.65. The summed E-state index contributed by atoms with van der Waals surface area (Å²) in [6, 6.07) is -1.00. The van der Waals surface area contributed by atoms with Gasteiger partial charge in [0.05, 0.1) is 5.25 Å². The van der Waals surface area contributed by atoms with Crippen molar-refractivity contribution in [3.05, 3.63) is 0 Å². The molecule has 2 heterocycles. The molecular formula is C14H29N5O7S2. The molecule has 0 aromatic carbocycles. The maximum Gasteiger partial charge on any atom is 0.330 e. The molecule has 2 rings (SSSR count). The second-order valence-electron chi connectivity index (χ2n) is 6.58. The quantitative estimate of drug-likeness (QED) is 0.295. The molecule has 0 radical (unpaired) electrons. The van der Waals surface area contributed by atoms with Crippen molar-refractivity contribution in [2.24, 2.45) is 0 Å². The lowest BCUT2D eigenvalue weighted by molar-refractivity contribution is -0.0572. The van der Waals surface area contributed by atoms with Crippen LogP contribution in [-0.2, 0) is 29.3 Å². The van der Waals surface area contributed by atoms with E-state index in [0.29, 0.717) is 19.4 Å². The average molecular weight is 444 g/mol. The number of sulfonamides is 1. The van der Waals surface area contributed by atoms with Crippen LogP contribution in [0.3, 0.4) is 0 Å². The average Bonchev–Trinajstić information content (AvgIpc) is 2.67. The second-order valence-corrected chi connectivity index (χ2v) is 10.9. The highest BCUT2D eigenvalue weighted by Crippen LogP contribution is 2.21. The standard InChI is InChI=1S/C14H29N5O7S2/c1-4-27(21,22)9-6-5-7-15-12(9)28(23,24)19-14(20)18-13-16-10(25-2)8-11(17-13)26-3/h9-13,15-17H,4-8H2,1-3H3,(H2,18,19,20). The molecule has 0 aromatic rings. The van der Waals surface area contributed by atoms with E-state index in [-0.39, 0.29) is 12.2 Å². The van der Waals surface area contributed by atoms with Gasteiger partial charge in [-0.2, -0.15) is 0 Å². The number of hydrogen-bond acceptors (Lipinski definition) is 10. The Hall–Kier alpha value is -1.03. The molecule has 4 unspecified atom stereocenters. The molecule has 12 nitrogen and oxygen atoms in total. The lowest BCUT2D eigenvalue weighted by atomic mass is 10.2. The third-order valence-corrected chi connectivity index (χ3v) is 8.80. The molecule has 0 bridgehead atoms. The third kappa shape index (κ3) is 5.75. The fourth-order valence-corrected chi connectivity index (χ4v) is 6.93. The molecular weight excluding hydrogens is 414 g/mol. The highest BCUT2D eigenvalue weighted by Gasteiger charge is 2.43. The zero-order valence-electron chi connectivity index (χ0n) is 16.1. The first-order valence-corrected chi connectivity index (χ1v) is 12.2. The van der Waals surface area contributed by atoms with Crippen LogP contribution in [0.1, 0.15) is 26.2 Å². The number of amides is 2. The van der Waals surface area contributed by atoms with Crippen LogP contribution in [0.25, 0.3) is 0 Å². The highest BCUT2D eigenvalue weighted by molar-refractivity contribution is 7.95. The van der Waals surface area contributed by atoms with Crippen molar-refractivity contribution in [1.82, 2.24) is 26.0 Å². The van der Waals surface area contributed by atoms with E-state index in [1.165, 1.54) is 21.1 Å². The molecule has 2 saturated heterocycles. The fraction of sp³-hybridized carbons (Fsp3) is 0.929. The van der Waals surface area contributed by atoms with Gasteiger partial charge in [0, 0.05) is 26.4 Å². The first-order valence-electron chi connectivity index (χ1n) is 8.97. The van der Waals surface area contributed by atoms with Gasteiger partial charge in [-0.1, -0.05) is 6.92 Å². The number of methoxy groups -OCH3 is 2. The number of urea groups is 1. The van der Waals surface area contributed by atoms with Gasteiger partial charge in [-0.15, -0.1) is 0 Å². The zero-order valence-corrected chi connectivity index (χ0v) is 17.7. The molecule has 164 valence electrons. The number of sulfone groups is 1. The summed E-state index contributed by atoms with van der Waals surface area (Å²) in [5.74, 6) is -0.176. The van der Waals surface area contributed by atoms with Crippen molar-refractivity contribution in [1.29, 1.82) is 0 Å². The number of carbonyl (C=O) groups is 1. The van der Waals surface area contributed by atoms with Gasteiger partial charge in [0.25, 0.3) is 10.0 Å². The Labute approximate surface area is 165 Å². The molecule has 14 heteroatoms. The zero-order chi connectivity index (χ0) is 20.9. The molecule has 5 N–H and O–H groups in total. The summed E-state index contributed by atoms with van der Waals surface area (Å²) in [7, 11) is -4.92. The number of rotatable bonds is 7. The summed E-state index contributed by atoms with van der Waals surface area (Å²) >= 11 is 0. The van der Waals surface area contributed by atoms with E-state index in [1.807, 2.05) is 4.72 Å². The van der Waals surface area contributed by atoms with Crippen molar-refractivity contribution in [3.8, 4) is 0 Å². The molecule has 0 saturated carbocycles. The number of nitrogens with one attached hydrogen (secondary N) is 5. The Morgan fingerprint density at radius 1 is 1.11 bits per heavy atom. The van der Waals surface area contributed by atoms with Crippen LogP contribution in [0.15, 0.2) is 0 Å². The molecule has 4 atom stereocenters. The Morgan fingerprint density at radius 3 is 2.25 bits per heavy atom. The Bertz CT molecular complexity index is 733. The van der Waals surface area contributed by atoms with Gasteiger partial charge in [0.15, 0.2) is 9.84 Å². The van der Waals surface area contributed by atoms with E-state index >= 15 is 0 Å². The SMILES string of the molecule is CCS(=O)(=O)C1CCCNC1S(=O)(=O)NC(=O)NC1NC(OC)CC(OC)N1. The Balaban J connectivity index is 2.05. The summed E-state index contributed by atoms with van der Waals surface area (Å²) in [6.45, 7) is 1.81. The van der Waals surface area contributed by atoms with Crippen LogP contribution in [0.4, 0.5) is 4.79 Å². The van der Waals surface area contributed by atoms with E-state index in [0.717, 1.165) is 0 Å². The molecule has 0 aliphatic carbocycles. The predicted octanol–water partition coefficient (Wildman–Crippen LogP) is -2.06. The number of piperidine rings is 1. The normalized spacial score (nSPS) is 31.9. The van der Waals surface area contributed by atoms with Crippen molar-refractivity contribution >= 4 is 25.9 Å². The largest absolute Gasteiger partial charge is 0.366 e. The number of hydrogen-bond donors (Lipinski definition) is 5.